The van der Waals surface area contributed by atoms with Crippen molar-refractivity contribution in [3.8, 4) is 0 Å². The lowest BCUT2D eigenvalue weighted by Gasteiger charge is -2.32. The van der Waals surface area contributed by atoms with E-state index in [1.807, 2.05) is 0 Å². The van der Waals surface area contributed by atoms with Crippen molar-refractivity contribution in [1.82, 2.24) is 0 Å². The molecule has 2 aliphatic rings. The monoisotopic (exact) mass is 231 g/mol. The fraction of sp³-hybridized carbons (Fsp3) is 1.00. The Bertz CT molecular complexity index is 145. The molecule has 0 amide bonds. The zero-order valence-corrected chi connectivity index (χ0v) is 10.6. The molecule has 0 aromatic heterocycles. The summed E-state index contributed by atoms with van der Waals surface area (Å²) in [4.78, 5) is 7.04. The summed E-state index contributed by atoms with van der Waals surface area (Å²) in [5.41, 5.74) is 0. The van der Waals surface area contributed by atoms with E-state index in [4.69, 9.17) is 9.46 Å². The van der Waals surface area contributed by atoms with Gasteiger partial charge in [0, 0.05) is 0 Å². The lowest BCUT2D eigenvalue weighted by Crippen LogP contribution is -2.20. The molecule has 2 aliphatic carbocycles. The van der Waals surface area contributed by atoms with Crippen molar-refractivity contribution >= 4 is 8.69 Å². The summed E-state index contributed by atoms with van der Waals surface area (Å²) < 4.78 is 8.51. The summed E-state index contributed by atoms with van der Waals surface area (Å²) >= 11 is 0. The summed E-state index contributed by atoms with van der Waals surface area (Å²) in [6.07, 6.45) is 15.4. The lowest BCUT2D eigenvalue weighted by molar-refractivity contribution is 0.196. The smallest absolute Gasteiger partial charge is 0.162 e. The summed E-state index contributed by atoms with van der Waals surface area (Å²) in [5.74, 6) is 2.28. The third-order valence-electron chi connectivity index (χ3n) is 3.97. The highest BCUT2D eigenvalue weighted by Crippen LogP contribution is 2.37. The average Bonchev–Trinajstić information content (AvgIpc) is 2.32. The van der Waals surface area contributed by atoms with Gasteiger partial charge >= 0.3 is 8.69 Å². The van der Waals surface area contributed by atoms with E-state index in [1.54, 1.807) is 25.7 Å². The first-order valence-corrected chi connectivity index (χ1v) is 7.25. The molecule has 2 saturated carbocycles. The minimum absolute atomic E-state index is 1.14. The van der Waals surface area contributed by atoms with Crippen LogP contribution in [0.2, 0.25) is 0 Å². The molecule has 0 aliphatic heterocycles. The number of hydrogen-bond acceptors (Lipinski definition) is 1. The molecule has 0 aromatic rings. The van der Waals surface area contributed by atoms with Gasteiger partial charge in [0.05, 0.1) is 0 Å². The number of rotatable bonds is 1. The van der Waals surface area contributed by atoms with Crippen LogP contribution in [-0.4, -0.2) is 4.89 Å². The third kappa shape index (κ3) is 5.08. The minimum Gasteiger partial charge on any atom is -0.162 e. The van der Waals surface area contributed by atoms with E-state index in [0.717, 1.165) is 11.8 Å². The molecule has 0 bridgehead atoms. The van der Waals surface area contributed by atoms with Gasteiger partial charge in [-0.3, -0.25) is 0 Å². The molecule has 3 heteroatoms. The molecular weight excluding hydrogens is 207 g/mol. The molecule has 1 atom stereocenters. The van der Waals surface area contributed by atoms with Gasteiger partial charge < -0.3 is 0 Å². The van der Waals surface area contributed by atoms with Gasteiger partial charge in [-0.15, -0.1) is 0 Å². The van der Waals surface area contributed by atoms with Crippen molar-refractivity contribution < 1.29 is 9.46 Å². The highest BCUT2D eigenvalue weighted by molar-refractivity contribution is 7.16. The fourth-order valence-corrected chi connectivity index (χ4v) is 3.21. The van der Waals surface area contributed by atoms with Gasteiger partial charge in [0.1, 0.15) is 0 Å². The van der Waals surface area contributed by atoms with Crippen molar-refractivity contribution in [2.75, 3.05) is 0 Å². The first kappa shape index (κ1) is 13.1. The molecule has 0 aromatic carbocycles. The van der Waals surface area contributed by atoms with E-state index in [9.17, 15) is 0 Å². The number of hydrogen-bond donors (Lipinski definition) is 1. The Balaban J connectivity index is 0.000000337. The molecule has 15 heavy (non-hydrogen) atoms. The largest absolute Gasteiger partial charge is 0.491 e. The van der Waals surface area contributed by atoms with Gasteiger partial charge in [-0.25, -0.2) is 0 Å². The van der Waals surface area contributed by atoms with E-state index in [0.29, 0.717) is 0 Å². The van der Waals surface area contributed by atoms with Gasteiger partial charge in [0.2, 0.25) is 0 Å². The first-order valence-electron chi connectivity index (χ1n) is 6.39. The molecule has 0 spiro atoms. The maximum absolute atomic E-state index is 8.51. The molecule has 0 radical (unpaired) electrons. The van der Waals surface area contributed by atoms with Crippen LogP contribution in [0, 0.1) is 11.8 Å². The predicted molar refractivity (Wildman–Crippen MR) is 64.4 cm³/mol. The van der Waals surface area contributed by atoms with Gasteiger partial charge in [-0.2, -0.15) is 4.89 Å². The highest BCUT2D eigenvalue weighted by Gasteiger charge is 2.24. The molecule has 88 valence electrons. The Hall–Kier alpha value is 0.0600. The Kier molecular flexibility index (Phi) is 7.21. The molecule has 2 rings (SSSR count). The van der Waals surface area contributed by atoms with Crippen LogP contribution in [0.3, 0.4) is 0 Å². The Labute approximate surface area is 94.7 Å². The minimum atomic E-state index is -1.17. The highest BCUT2D eigenvalue weighted by atomic mass is 31.1. The molecule has 0 saturated heterocycles. The van der Waals surface area contributed by atoms with Crippen LogP contribution < -0.4 is 0 Å². The SMILES string of the molecule is C1CCC(C2CCCCC2)CC1.O=[PH+]O. The second-order valence-electron chi connectivity index (χ2n) is 4.89. The van der Waals surface area contributed by atoms with Crippen molar-refractivity contribution in [3.63, 3.8) is 0 Å². The normalized spacial score (nSPS) is 24.6. The Morgan fingerprint density at radius 2 is 1.00 bits per heavy atom. The standard InChI is InChI=1S/C12H22.HO2P/c1-3-7-11(8-4-1)12-9-5-2-6-10-12;1-3-2/h11-12H,1-10H2;3H/p+1. The van der Waals surface area contributed by atoms with Crippen molar-refractivity contribution in [2.24, 2.45) is 11.8 Å². The van der Waals surface area contributed by atoms with Crippen LogP contribution in [0.1, 0.15) is 64.2 Å². The van der Waals surface area contributed by atoms with Gasteiger partial charge in [-0.05, 0) is 16.4 Å². The Morgan fingerprint density at radius 3 is 1.27 bits per heavy atom. The van der Waals surface area contributed by atoms with Crippen LogP contribution in [0.4, 0.5) is 0 Å². The predicted octanol–water partition coefficient (Wildman–Crippen LogP) is 4.06. The summed E-state index contributed by atoms with van der Waals surface area (Å²) in [5, 5.41) is 0. The summed E-state index contributed by atoms with van der Waals surface area (Å²) in [6, 6.07) is 0. The van der Waals surface area contributed by atoms with Crippen molar-refractivity contribution in [3.05, 3.63) is 0 Å². The van der Waals surface area contributed by atoms with E-state index in [1.165, 1.54) is 38.5 Å². The second kappa shape index (κ2) is 8.24. The van der Waals surface area contributed by atoms with E-state index < -0.39 is 8.69 Å². The first-order chi connectivity index (χ1) is 7.38. The fourth-order valence-electron chi connectivity index (χ4n) is 3.21. The zero-order valence-electron chi connectivity index (χ0n) is 9.58. The third-order valence-corrected chi connectivity index (χ3v) is 3.97. The second-order valence-corrected chi connectivity index (χ2v) is 5.07. The van der Waals surface area contributed by atoms with Crippen molar-refractivity contribution in [2.45, 2.75) is 64.2 Å². The maximum atomic E-state index is 8.51. The topological polar surface area (TPSA) is 37.3 Å². The van der Waals surface area contributed by atoms with Gasteiger partial charge in [0.25, 0.3) is 0 Å². The molecule has 2 nitrogen and oxygen atoms in total. The summed E-state index contributed by atoms with van der Waals surface area (Å²) in [6.45, 7) is 0. The van der Waals surface area contributed by atoms with E-state index in [2.05, 4.69) is 0 Å². The molecule has 1 unspecified atom stereocenters. The molecule has 0 heterocycles. The van der Waals surface area contributed by atoms with Crippen LogP contribution in [-0.2, 0) is 4.57 Å². The molecular formula is C12H24O2P+. The zero-order chi connectivity index (χ0) is 10.9. The lowest BCUT2D eigenvalue weighted by atomic mass is 9.73. The van der Waals surface area contributed by atoms with Crippen molar-refractivity contribution in [1.29, 1.82) is 0 Å². The van der Waals surface area contributed by atoms with Crippen LogP contribution in [0.5, 0.6) is 0 Å². The van der Waals surface area contributed by atoms with Gasteiger partial charge in [0.15, 0.2) is 0 Å². The Morgan fingerprint density at radius 1 is 0.733 bits per heavy atom. The van der Waals surface area contributed by atoms with Crippen LogP contribution in [0.25, 0.3) is 0 Å². The van der Waals surface area contributed by atoms with Crippen LogP contribution in [0.15, 0.2) is 0 Å². The van der Waals surface area contributed by atoms with Crippen LogP contribution >= 0.6 is 8.69 Å². The quantitative estimate of drug-likeness (QED) is 0.691. The summed E-state index contributed by atoms with van der Waals surface area (Å²) in [7, 11) is -1.17. The maximum Gasteiger partial charge on any atom is 0.491 e. The molecule has 1 N–H and O–H groups in total. The molecule has 2 fully saturated rings. The van der Waals surface area contributed by atoms with Gasteiger partial charge in [-0.1, -0.05) is 64.2 Å². The average molecular weight is 231 g/mol. The van der Waals surface area contributed by atoms with E-state index >= 15 is 0 Å². The van der Waals surface area contributed by atoms with E-state index in [-0.39, 0.29) is 0 Å².